The van der Waals surface area contributed by atoms with Gasteiger partial charge in [-0.15, -0.1) is 0 Å². The predicted molar refractivity (Wildman–Crippen MR) is 109 cm³/mol. The van der Waals surface area contributed by atoms with Gasteiger partial charge in [0.05, 0.1) is 22.8 Å². The number of carbonyl (C=O) groups is 1. The molecule has 2 aliphatic heterocycles. The van der Waals surface area contributed by atoms with Gasteiger partial charge in [-0.1, -0.05) is 24.3 Å². The molecule has 2 aliphatic rings. The SMILES string of the molecule is Cc1ccccc1CC(=O)N1C[C@@H]2c3cc(-c4ccco4)ccc3S(=O)(=O)[C@H]2C1. The molecule has 1 fully saturated rings. The van der Waals surface area contributed by atoms with Gasteiger partial charge >= 0.3 is 0 Å². The summed E-state index contributed by atoms with van der Waals surface area (Å²) < 4.78 is 31.6. The Kier molecular flexibility index (Phi) is 4.13. The molecule has 0 bridgehead atoms. The molecule has 0 saturated carbocycles. The fraction of sp³-hybridized carbons (Fsp3) is 0.261. The van der Waals surface area contributed by atoms with Crippen molar-refractivity contribution < 1.29 is 17.6 Å². The van der Waals surface area contributed by atoms with Gasteiger partial charge in [-0.3, -0.25) is 4.79 Å². The monoisotopic (exact) mass is 407 g/mol. The van der Waals surface area contributed by atoms with Crippen molar-refractivity contribution in [1.29, 1.82) is 0 Å². The number of hydrogen-bond acceptors (Lipinski definition) is 4. The van der Waals surface area contributed by atoms with Crippen molar-refractivity contribution in [2.24, 2.45) is 0 Å². The first-order valence-electron chi connectivity index (χ1n) is 9.69. The molecule has 1 aromatic heterocycles. The lowest BCUT2D eigenvalue weighted by molar-refractivity contribution is -0.129. The largest absolute Gasteiger partial charge is 0.464 e. The van der Waals surface area contributed by atoms with Gasteiger partial charge in [0.25, 0.3) is 0 Å². The van der Waals surface area contributed by atoms with Gasteiger partial charge in [0.1, 0.15) is 5.76 Å². The average molecular weight is 407 g/mol. The van der Waals surface area contributed by atoms with Gasteiger partial charge in [-0.2, -0.15) is 0 Å². The molecule has 3 aromatic rings. The van der Waals surface area contributed by atoms with E-state index in [0.29, 0.717) is 23.6 Å². The van der Waals surface area contributed by atoms with Crippen molar-refractivity contribution in [3.05, 3.63) is 77.6 Å². The van der Waals surface area contributed by atoms with E-state index in [9.17, 15) is 13.2 Å². The van der Waals surface area contributed by atoms with E-state index in [-0.39, 0.29) is 18.4 Å². The molecule has 5 rings (SSSR count). The summed E-state index contributed by atoms with van der Waals surface area (Å²) in [6.45, 7) is 2.67. The maximum atomic E-state index is 13.1. The molecule has 1 amide bonds. The summed E-state index contributed by atoms with van der Waals surface area (Å²) in [5.41, 5.74) is 3.71. The highest BCUT2D eigenvalue weighted by Crippen LogP contribution is 2.46. The molecule has 2 aromatic carbocycles. The third-order valence-corrected chi connectivity index (χ3v) is 8.40. The molecule has 0 unspecified atom stereocenters. The van der Waals surface area contributed by atoms with E-state index in [1.54, 1.807) is 23.3 Å². The molecule has 5 nitrogen and oxygen atoms in total. The number of hydrogen-bond donors (Lipinski definition) is 0. The number of rotatable bonds is 3. The second kappa shape index (κ2) is 6.59. The summed E-state index contributed by atoms with van der Waals surface area (Å²) in [7, 11) is -3.44. The zero-order valence-corrected chi connectivity index (χ0v) is 16.9. The quantitative estimate of drug-likeness (QED) is 0.666. The molecule has 2 atom stereocenters. The van der Waals surface area contributed by atoms with E-state index in [0.717, 1.165) is 22.3 Å². The van der Waals surface area contributed by atoms with E-state index >= 15 is 0 Å². The van der Waals surface area contributed by atoms with Crippen molar-refractivity contribution in [3.63, 3.8) is 0 Å². The minimum atomic E-state index is -3.44. The number of fused-ring (bicyclic) bond motifs is 3. The van der Waals surface area contributed by atoms with E-state index in [1.165, 1.54) is 0 Å². The maximum Gasteiger partial charge on any atom is 0.227 e. The summed E-state index contributed by atoms with van der Waals surface area (Å²) >= 11 is 0. The van der Waals surface area contributed by atoms with Crippen LogP contribution in [0.15, 0.2) is 70.2 Å². The van der Waals surface area contributed by atoms with Gasteiger partial charge in [-0.05, 0) is 53.9 Å². The third-order valence-electron chi connectivity index (χ3n) is 6.14. The van der Waals surface area contributed by atoms with Crippen LogP contribution in [0.3, 0.4) is 0 Å². The first-order chi connectivity index (χ1) is 13.9. The van der Waals surface area contributed by atoms with Gasteiger partial charge in [-0.25, -0.2) is 8.42 Å². The van der Waals surface area contributed by atoms with Gasteiger partial charge in [0.15, 0.2) is 9.84 Å². The molecule has 29 heavy (non-hydrogen) atoms. The second-order valence-electron chi connectivity index (χ2n) is 7.82. The van der Waals surface area contributed by atoms with Crippen molar-refractivity contribution in [2.45, 2.75) is 29.4 Å². The fourth-order valence-electron chi connectivity index (χ4n) is 4.53. The van der Waals surface area contributed by atoms with Crippen LogP contribution >= 0.6 is 0 Å². The van der Waals surface area contributed by atoms with Gasteiger partial charge in [0.2, 0.25) is 5.91 Å². The lowest BCUT2D eigenvalue weighted by Gasteiger charge is -2.18. The molecular formula is C23H21NO4S. The number of aryl methyl sites for hydroxylation is 1. The van der Waals surface area contributed by atoms with Gasteiger partial charge in [0, 0.05) is 24.6 Å². The summed E-state index contributed by atoms with van der Waals surface area (Å²) in [4.78, 5) is 15.0. The van der Waals surface area contributed by atoms with E-state index in [2.05, 4.69) is 0 Å². The summed E-state index contributed by atoms with van der Waals surface area (Å²) in [6, 6.07) is 16.8. The summed E-state index contributed by atoms with van der Waals surface area (Å²) in [5.74, 6) is 0.498. The smallest absolute Gasteiger partial charge is 0.227 e. The topological polar surface area (TPSA) is 67.6 Å². The van der Waals surface area contributed by atoms with Crippen LogP contribution in [0.4, 0.5) is 0 Å². The number of benzene rings is 2. The summed E-state index contributed by atoms with van der Waals surface area (Å²) in [6.07, 6.45) is 1.90. The van der Waals surface area contributed by atoms with E-state index < -0.39 is 15.1 Å². The molecular weight excluding hydrogens is 386 g/mol. The zero-order chi connectivity index (χ0) is 20.2. The van der Waals surface area contributed by atoms with Crippen LogP contribution in [0.2, 0.25) is 0 Å². The Hall–Kier alpha value is -2.86. The predicted octanol–water partition coefficient (Wildman–Crippen LogP) is 3.58. The zero-order valence-electron chi connectivity index (χ0n) is 16.0. The second-order valence-corrected chi connectivity index (χ2v) is 9.96. The molecule has 1 saturated heterocycles. The van der Waals surface area contributed by atoms with Crippen LogP contribution in [0.5, 0.6) is 0 Å². The van der Waals surface area contributed by atoms with Crippen molar-refractivity contribution in [3.8, 4) is 11.3 Å². The maximum absolute atomic E-state index is 13.1. The normalized spacial score (nSPS) is 21.8. The van der Waals surface area contributed by atoms with Crippen LogP contribution in [0.1, 0.15) is 22.6 Å². The fourth-order valence-corrected chi connectivity index (χ4v) is 6.69. The van der Waals surface area contributed by atoms with Crippen LogP contribution in [-0.2, 0) is 21.1 Å². The number of sulfone groups is 1. The average Bonchev–Trinajstić information content (AvgIpc) is 3.42. The van der Waals surface area contributed by atoms with Crippen LogP contribution < -0.4 is 0 Å². The van der Waals surface area contributed by atoms with Crippen LogP contribution in [-0.4, -0.2) is 37.6 Å². The third kappa shape index (κ3) is 2.90. The van der Waals surface area contributed by atoms with E-state index in [1.807, 2.05) is 49.4 Å². The van der Waals surface area contributed by atoms with Crippen molar-refractivity contribution in [2.75, 3.05) is 13.1 Å². The number of amides is 1. The Morgan fingerprint density at radius 2 is 1.93 bits per heavy atom. The van der Waals surface area contributed by atoms with Crippen molar-refractivity contribution in [1.82, 2.24) is 4.90 Å². The van der Waals surface area contributed by atoms with Gasteiger partial charge < -0.3 is 9.32 Å². The number of likely N-dealkylation sites (tertiary alicyclic amines) is 1. The lowest BCUT2D eigenvalue weighted by Crippen LogP contribution is -2.33. The van der Waals surface area contributed by atoms with Crippen LogP contribution in [0, 0.1) is 6.92 Å². The molecule has 0 radical (unpaired) electrons. The standard InChI is InChI=1S/C23H21NO4S/c1-15-5-2-3-6-16(15)12-23(25)24-13-19-18-11-17(20-7-4-10-28-20)8-9-21(18)29(26,27)22(19)14-24/h2-11,19,22H,12-14H2,1H3/t19-,22+/m1/s1. The minimum Gasteiger partial charge on any atom is -0.464 e. The molecule has 3 heterocycles. The molecule has 0 spiro atoms. The first-order valence-corrected chi connectivity index (χ1v) is 11.2. The number of nitrogens with zero attached hydrogens (tertiary/aromatic N) is 1. The summed E-state index contributed by atoms with van der Waals surface area (Å²) in [5, 5.41) is -0.565. The number of furan rings is 1. The molecule has 0 aliphatic carbocycles. The molecule has 148 valence electrons. The highest BCUT2D eigenvalue weighted by atomic mass is 32.2. The Morgan fingerprint density at radius 1 is 1.10 bits per heavy atom. The Labute approximate surface area is 169 Å². The van der Waals surface area contributed by atoms with Crippen LogP contribution in [0.25, 0.3) is 11.3 Å². The highest BCUT2D eigenvalue weighted by molar-refractivity contribution is 7.92. The Balaban J connectivity index is 1.44. The molecule has 0 N–H and O–H groups in total. The number of carbonyl (C=O) groups excluding carboxylic acids is 1. The first kappa shape index (κ1) is 18.2. The van der Waals surface area contributed by atoms with Crippen molar-refractivity contribution >= 4 is 15.7 Å². The highest BCUT2D eigenvalue weighted by Gasteiger charge is 2.51. The minimum absolute atomic E-state index is 0.0207. The van der Waals surface area contributed by atoms with E-state index in [4.69, 9.17) is 4.42 Å². The Bertz CT molecular complexity index is 1200. The Morgan fingerprint density at radius 3 is 2.69 bits per heavy atom. The molecule has 6 heteroatoms. The lowest BCUT2D eigenvalue weighted by atomic mass is 9.96.